The van der Waals surface area contributed by atoms with Gasteiger partial charge in [-0.05, 0) is 74.3 Å². The maximum Gasteiger partial charge on any atom is 0.248 e. The van der Waals surface area contributed by atoms with Crippen LogP contribution in [0.1, 0.15) is 27.0 Å². The molecule has 5 rings (SSSR count). The monoisotopic (exact) mass is 454 g/mol. The molecule has 0 atom stereocenters. The van der Waals surface area contributed by atoms with E-state index in [9.17, 15) is 4.79 Å². The Balaban J connectivity index is 1.52. The second-order valence-electron chi connectivity index (χ2n) is 9.26. The van der Waals surface area contributed by atoms with Crippen molar-refractivity contribution >= 4 is 22.6 Å². The molecule has 1 aliphatic rings. The van der Waals surface area contributed by atoms with Gasteiger partial charge in [-0.25, -0.2) is 4.98 Å². The number of carbonyl (C=O) groups excluding carboxylic acids is 1. The highest BCUT2D eigenvalue weighted by Crippen LogP contribution is 2.35. The zero-order valence-electron chi connectivity index (χ0n) is 20.1. The highest BCUT2D eigenvalue weighted by molar-refractivity contribution is 5.99. The highest BCUT2D eigenvalue weighted by Gasteiger charge is 2.19. The molecule has 1 fully saturated rings. The van der Waals surface area contributed by atoms with Crippen molar-refractivity contribution in [1.82, 2.24) is 20.1 Å². The Labute approximate surface area is 199 Å². The molecular formula is C27H30N6O. The summed E-state index contributed by atoms with van der Waals surface area (Å²) >= 11 is 0. The van der Waals surface area contributed by atoms with Gasteiger partial charge < -0.3 is 15.5 Å². The van der Waals surface area contributed by atoms with Gasteiger partial charge >= 0.3 is 0 Å². The van der Waals surface area contributed by atoms with Crippen molar-refractivity contribution in [3.63, 3.8) is 0 Å². The fourth-order valence-electron chi connectivity index (χ4n) is 4.90. The first-order valence-electron chi connectivity index (χ1n) is 11.6. The number of rotatable bonds is 4. The Hall–Kier alpha value is -3.71. The molecule has 1 saturated heterocycles. The van der Waals surface area contributed by atoms with Gasteiger partial charge in [0.15, 0.2) is 5.65 Å². The van der Waals surface area contributed by atoms with Crippen molar-refractivity contribution in [2.45, 2.75) is 20.8 Å². The fraction of sp³-hybridized carbons (Fsp3) is 0.296. The molecule has 0 saturated carbocycles. The molecule has 2 aromatic heterocycles. The number of benzene rings is 2. The molecule has 3 N–H and O–H groups in total. The first-order chi connectivity index (χ1) is 16.3. The van der Waals surface area contributed by atoms with Crippen molar-refractivity contribution in [3.8, 4) is 22.4 Å². The zero-order valence-corrected chi connectivity index (χ0v) is 20.1. The fourth-order valence-corrected chi connectivity index (χ4v) is 4.90. The lowest BCUT2D eigenvalue weighted by molar-refractivity contribution is 0.0999. The molecule has 7 nitrogen and oxygen atoms in total. The number of H-pyrrole nitrogens is 1. The highest BCUT2D eigenvalue weighted by atomic mass is 16.1. The second-order valence-corrected chi connectivity index (χ2v) is 9.26. The molecule has 174 valence electrons. The van der Waals surface area contributed by atoms with Gasteiger partial charge in [-0.15, -0.1) is 0 Å². The number of nitrogens with two attached hydrogens (primary N) is 1. The Morgan fingerprint density at radius 1 is 0.971 bits per heavy atom. The molecule has 1 amide bonds. The van der Waals surface area contributed by atoms with E-state index in [1.807, 2.05) is 33.0 Å². The van der Waals surface area contributed by atoms with Gasteiger partial charge in [0.05, 0.1) is 5.69 Å². The van der Waals surface area contributed by atoms with Crippen LogP contribution in [0.25, 0.3) is 33.4 Å². The van der Waals surface area contributed by atoms with Crippen LogP contribution in [0.3, 0.4) is 0 Å². The van der Waals surface area contributed by atoms with Crippen LogP contribution >= 0.6 is 0 Å². The van der Waals surface area contributed by atoms with E-state index in [0.29, 0.717) is 11.2 Å². The van der Waals surface area contributed by atoms with Gasteiger partial charge in [0.25, 0.3) is 0 Å². The number of fused-ring (bicyclic) bond motifs is 1. The van der Waals surface area contributed by atoms with Crippen LogP contribution in [0.4, 0.5) is 5.69 Å². The molecule has 3 heterocycles. The number of likely N-dealkylation sites (N-methyl/N-ethyl adjacent to an activating group) is 1. The van der Waals surface area contributed by atoms with Crippen molar-refractivity contribution in [2.75, 3.05) is 38.1 Å². The number of hydrogen-bond acceptors (Lipinski definition) is 5. The second kappa shape index (κ2) is 8.57. The summed E-state index contributed by atoms with van der Waals surface area (Å²) < 4.78 is 0. The van der Waals surface area contributed by atoms with Gasteiger partial charge in [0, 0.05) is 60.1 Å². The summed E-state index contributed by atoms with van der Waals surface area (Å²) in [5.74, 6) is -0.409. The lowest BCUT2D eigenvalue weighted by Gasteiger charge is -2.34. The van der Waals surface area contributed by atoms with Crippen LogP contribution in [0, 0.1) is 20.8 Å². The Kier molecular flexibility index (Phi) is 5.57. The average Bonchev–Trinajstić information content (AvgIpc) is 3.25. The number of carbonyl (C=O) groups is 1. The summed E-state index contributed by atoms with van der Waals surface area (Å²) in [4.78, 5) is 21.3. The third-order valence-corrected chi connectivity index (χ3v) is 7.09. The normalized spacial score (nSPS) is 14.6. The summed E-state index contributed by atoms with van der Waals surface area (Å²) in [6, 6.07) is 12.7. The van der Waals surface area contributed by atoms with Crippen LogP contribution in [0.2, 0.25) is 0 Å². The largest absolute Gasteiger partial charge is 0.369 e. The molecular weight excluding hydrogens is 424 g/mol. The SMILES string of the molecule is Cc1cc(C(N)=O)c(C)c(C)c1-c1[nH]nc2ncc(-c3ccc(N4CCN(C)CC4)cc3)cc12. The number of nitrogens with zero attached hydrogens (tertiary/aromatic N) is 4. The molecule has 0 radical (unpaired) electrons. The van der Waals surface area contributed by atoms with E-state index >= 15 is 0 Å². The van der Waals surface area contributed by atoms with Crippen LogP contribution in [-0.4, -0.2) is 59.2 Å². The van der Waals surface area contributed by atoms with Gasteiger partial charge in [-0.1, -0.05) is 12.1 Å². The molecule has 0 bridgehead atoms. The van der Waals surface area contributed by atoms with Crippen molar-refractivity contribution in [1.29, 1.82) is 0 Å². The predicted octanol–water partition coefficient (Wildman–Crippen LogP) is 4.07. The zero-order chi connectivity index (χ0) is 24.0. The van der Waals surface area contributed by atoms with E-state index in [1.54, 1.807) is 0 Å². The standard InChI is InChI=1S/C27H30N6O/c1-16-13-22(26(28)34)17(2)18(3)24(16)25-23-14-20(15-29-27(23)31-30-25)19-5-7-21(8-6-19)33-11-9-32(4)10-12-33/h5-8,13-15H,9-12H2,1-4H3,(H2,28,34)(H,29,30,31). The molecule has 0 unspecified atom stereocenters. The lowest BCUT2D eigenvalue weighted by atomic mass is 9.90. The van der Waals surface area contributed by atoms with Gasteiger partial charge in [0.2, 0.25) is 5.91 Å². The van der Waals surface area contributed by atoms with Gasteiger partial charge in [-0.2, -0.15) is 5.10 Å². The Bertz CT molecular complexity index is 1380. The first kappa shape index (κ1) is 22.1. The predicted molar refractivity (Wildman–Crippen MR) is 137 cm³/mol. The van der Waals surface area contributed by atoms with Crippen LogP contribution in [-0.2, 0) is 0 Å². The van der Waals surface area contributed by atoms with Crippen LogP contribution < -0.4 is 10.6 Å². The van der Waals surface area contributed by atoms with E-state index in [1.165, 1.54) is 5.69 Å². The maximum atomic E-state index is 11.9. The minimum atomic E-state index is -0.409. The number of primary amides is 1. The van der Waals surface area contributed by atoms with Gasteiger partial charge in [0.1, 0.15) is 0 Å². The summed E-state index contributed by atoms with van der Waals surface area (Å²) in [7, 11) is 2.17. The van der Waals surface area contributed by atoms with E-state index in [-0.39, 0.29) is 0 Å². The van der Waals surface area contributed by atoms with E-state index in [0.717, 1.165) is 70.6 Å². The topological polar surface area (TPSA) is 91.1 Å². The molecule has 1 aliphatic heterocycles. The number of nitrogens with one attached hydrogen (secondary N) is 1. The lowest BCUT2D eigenvalue weighted by Crippen LogP contribution is -2.44. The number of hydrogen-bond donors (Lipinski definition) is 2. The van der Waals surface area contributed by atoms with Gasteiger partial charge in [-0.3, -0.25) is 9.89 Å². The minimum Gasteiger partial charge on any atom is -0.369 e. The quantitative estimate of drug-likeness (QED) is 0.485. The van der Waals surface area contributed by atoms with Crippen molar-refractivity contribution in [3.05, 3.63) is 64.8 Å². The first-order valence-corrected chi connectivity index (χ1v) is 11.6. The van der Waals surface area contributed by atoms with E-state index in [2.05, 4.69) is 62.4 Å². The molecule has 34 heavy (non-hydrogen) atoms. The molecule has 4 aromatic rings. The molecule has 0 aliphatic carbocycles. The summed E-state index contributed by atoms with van der Waals surface area (Å²) in [5.41, 5.74) is 15.1. The van der Waals surface area contributed by atoms with E-state index in [4.69, 9.17) is 5.73 Å². The smallest absolute Gasteiger partial charge is 0.248 e. The Morgan fingerprint density at radius 2 is 1.68 bits per heavy atom. The van der Waals surface area contributed by atoms with Crippen LogP contribution in [0.15, 0.2) is 42.6 Å². The molecule has 2 aromatic carbocycles. The summed E-state index contributed by atoms with van der Waals surface area (Å²) in [5, 5.41) is 8.58. The number of anilines is 1. The number of aromatic nitrogens is 3. The number of aryl methyl sites for hydroxylation is 1. The number of piperazine rings is 1. The molecule has 0 spiro atoms. The maximum absolute atomic E-state index is 11.9. The third-order valence-electron chi connectivity index (χ3n) is 7.09. The number of aromatic amines is 1. The summed E-state index contributed by atoms with van der Waals surface area (Å²) in [6.07, 6.45) is 1.87. The Morgan fingerprint density at radius 3 is 2.35 bits per heavy atom. The van der Waals surface area contributed by atoms with Crippen molar-refractivity contribution < 1.29 is 4.79 Å². The van der Waals surface area contributed by atoms with E-state index < -0.39 is 5.91 Å². The third kappa shape index (κ3) is 3.82. The minimum absolute atomic E-state index is 0.409. The number of pyridine rings is 1. The summed E-state index contributed by atoms with van der Waals surface area (Å²) in [6.45, 7) is 10.2. The van der Waals surface area contributed by atoms with Crippen LogP contribution in [0.5, 0.6) is 0 Å². The average molecular weight is 455 g/mol. The number of amides is 1. The van der Waals surface area contributed by atoms with Crippen molar-refractivity contribution in [2.24, 2.45) is 5.73 Å². The molecule has 7 heteroatoms.